The zero-order valence-corrected chi connectivity index (χ0v) is 63.2. The number of hydrogen-bond acceptors (Lipinski definition) is 24. The Hall–Kier alpha value is -8.61. The summed E-state index contributed by atoms with van der Waals surface area (Å²) in [5, 5.41) is 74.7. The molecule has 0 saturated heterocycles. The number of hydrogen-bond donors (Lipinski definition) is 22. The topological polar surface area (TPSA) is 636 Å². The van der Waals surface area contributed by atoms with Crippen LogP contribution < -0.4 is 97.8 Å². The highest BCUT2D eigenvalue weighted by atomic mass is 32.2. The van der Waals surface area contributed by atoms with Gasteiger partial charge in [0, 0.05) is 47.5 Å². The Kier molecular flexibility index (Phi) is 40.2. The number of carboxylic acids is 1. The van der Waals surface area contributed by atoms with Crippen LogP contribution in [0.1, 0.15) is 123 Å². The molecule has 594 valence electrons. The molecule has 14 amide bonds. The quantitative estimate of drug-likeness (QED) is 0.0291. The lowest BCUT2D eigenvalue weighted by atomic mass is 10.0. The molecule has 0 unspecified atom stereocenters. The summed E-state index contributed by atoms with van der Waals surface area (Å²) >= 11 is 3.30. The monoisotopic (exact) mass is 1550 g/mol. The largest absolute Gasteiger partial charge is 0.480 e. The summed E-state index contributed by atoms with van der Waals surface area (Å²) in [5.41, 5.74) is 29.9. The number of aliphatic carboxylic acids is 1. The Balaban J connectivity index is 2.43. The minimum absolute atomic E-state index is 0.0183. The third kappa shape index (κ3) is 32.6. The van der Waals surface area contributed by atoms with Gasteiger partial charge in [0.15, 0.2) is 5.96 Å². The normalized spacial score (nSPS) is 25.6. The molecule has 38 nitrogen and oxygen atoms in total. The van der Waals surface area contributed by atoms with Crippen molar-refractivity contribution in [3.63, 3.8) is 0 Å². The first-order valence-electron chi connectivity index (χ1n) is 34.6. The maximum atomic E-state index is 14.8. The number of fused-ring (bicyclic) bond motifs is 5. The number of thioether (sulfide) groups is 3. The average molecular weight is 1550 g/mol. The fourth-order valence-corrected chi connectivity index (χ4v) is 13.5. The molecule has 106 heavy (non-hydrogen) atoms. The van der Waals surface area contributed by atoms with Gasteiger partial charge in [0.05, 0.1) is 24.9 Å². The summed E-state index contributed by atoms with van der Waals surface area (Å²) in [5.74, 6) is -17.6. The summed E-state index contributed by atoms with van der Waals surface area (Å²) in [4.78, 5) is 213. The maximum absolute atomic E-state index is 14.8. The van der Waals surface area contributed by atoms with Gasteiger partial charge in [-0.3, -0.25) is 76.9 Å². The highest BCUT2D eigenvalue weighted by molar-refractivity contribution is 7.99. The van der Waals surface area contributed by atoms with Gasteiger partial charge < -0.3 is 118 Å². The number of rotatable bonds is 22. The van der Waals surface area contributed by atoms with Crippen molar-refractivity contribution in [2.75, 3.05) is 43.5 Å². The summed E-state index contributed by atoms with van der Waals surface area (Å²) in [6, 6.07) is -15.3. The molecule has 0 aliphatic carbocycles. The van der Waals surface area contributed by atoms with Crippen molar-refractivity contribution in [2.45, 2.75) is 215 Å². The van der Waals surface area contributed by atoms with Crippen LogP contribution >= 0.6 is 35.3 Å². The van der Waals surface area contributed by atoms with E-state index in [0.29, 0.717) is 23.1 Å². The van der Waals surface area contributed by atoms with Gasteiger partial charge >= 0.3 is 5.97 Å². The highest BCUT2D eigenvalue weighted by Gasteiger charge is 2.39. The van der Waals surface area contributed by atoms with Crippen LogP contribution in [0.3, 0.4) is 0 Å². The Bertz CT molecular complexity index is 3260. The fraction of sp³-hybridized carbons (Fsp3) is 0.662. The maximum Gasteiger partial charge on any atom is 0.322 e. The molecule has 2 aliphatic heterocycles. The second kappa shape index (κ2) is 46.5. The van der Waals surface area contributed by atoms with E-state index in [-0.39, 0.29) is 91.6 Å². The zero-order chi connectivity index (χ0) is 79.7. The number of carbonyl (C=O) groups is 15. The number of aliphatic imine (C=N–C) groups is 1. The number of unbranched alkanes of at least 4 members (excludes halogenated alkanes) is 1. The number of nitrogens with zero attached hydrogens (tertiary/aromatic N) is 1. The molecule has 2 aliphatic rings. The number of primary amides is 1. The van der Waals surface area contributed by atoms with Crippen LogP contribution in [0.25, 0.3) is 0 Å². The van der Waals surface area contributed by atoms with E-state index in [1.54, 1.807) is 32.0 Å². The lowest BCUT2D eigenvalue weighted by molar-refractivity contribution is -0.138. The lowest BCUT2D eigenvalue weighted by Gasteiger charge is -2.29. The van der Waals surface area contributed by atoms with Gasteiger partial charge in [-0.25, -0.2) is 0 Å². The molecule has 1 aromatic carbocycles. The second-order valence-corrected chi connectivity index (χ2v) is 29.6. The van der Waals surface area contributed by atoms with Crippen LogP contribution in [0.15, 0.2) is 23.2 Å². The number of guanidine groups is 1. The molecule has 0 spiro atoms. The van der Waals surface area contributed by atoms with E-state index in [9.17, 15) is 92.3 Å². The molecule has 27 N–H and O–H groups in total. The first-order valence-corrected chi connectivity index (χ1v) is 38.1. The molecule has 0 aromatic heterocycles. The Labute approximate surface area is 627 Å². The highest BCUT2D eigenvalue weighted by Crippen LogP contribution is 2.25. The number of aliphatic hydroxyl groups excluding tert-OH is 3. The molecule has 3 rings (SSSR count). The second-order valence-electron chi connectivity index (χ2n) is 26.6. The molecule has 4 bridgehead atoms. The molecule has 41 heteroatoms. The van der Waals surface area contributed by atoms with Crippen molar-refractivity contribution in [1.82, 2.24) is 69.1 Å². The molecular weight excluding hydrogens is 1450 g/mol. The van der Waals surface area contributed by atoms with Crippen molar-refractivity contribution < 1.29 is 92.3 Å². The van der Waals surface area contributed by atoms with E-state index in [1.807, 2.05) is 0 Å². The first-order chi connectivity index (χ1) is 49.8. The van der Waals surface area contributed by atoms with Crippen LogP contribution in [-0.4, -0.2) is 249 Å². The molecule has 1 aromatic rings. The Morgan fingerprint density at radius 1 is 0.547 bits per heavy atom. The zero-order valence-electron chi connectivity index (χ0n) is 60.7. The van der Waals surface area contributed by atoms with Gasteiger partial charge in [-0.05, 0) is 108 Å². The SMILES string of the molecule is CC(C)C[C@@H]1NC(=O)[C@H]([C@@H](C)O)NC(=O)[C@H](CCCN=C(N)N)NC(=O)[C@H](C)NC(=O)[C@H]([C@@H](C)O)NC(=O)[C@@H]2CSCc3cc(cc(c3)CSC[C@@H](C(=O)NCC(=O)O)NC1=O)CSC[C@H](NC(=O)[C@H](C)N)C(=O)N[C@@H](CCCCN)C(=O)N[C@@H](CCC(N)=O)C(=O)N[C@@H](CO)C(=O)N[C@@H](C(C)C)C(=O)N2. The van der Waals surface area contributed by atoms with Gasteiger partial charge in [0.2, 0.25) is 82.7 Å². The van der Waals surface area contributed by atoms with Crippen molar-refractivity contribution in [3.8, 4) is 0 Å². The molecular formula is C65H107N19O19S3. The smallest absolute Gasteiger partial charge is 0.322 e. The molecule has 0 radical (unpaired) electrons. The fourth-order valence-electron chi connectivity index (χ4n) is 10.5. The van der Waals surface area contributed by atoms with E-state index in [4.69, 9.17) is 28.7 Å². The van der Waals surface area contributed by atoms with Gasteiger partial charge in [0.1, 0.15) is 79.0 Å². The van der Waals surface area contributed by atoms with E-state index < -0.39 is 211 Å². The van der Waals surface area contributed by atoms with Crippen LogP contribution in [0, 0.1) is 11.8 Å². The van der Waals surface area contributed by atoms with E-state index in [2.05, 4.69) is 74.1 Å². The summed E-state index contributed by atoms with van der Waals surface area (Å²) in [6.07, 6.45) is -4.12. The minimum Gasteiger partial charge on any atom is -0.480 e. The average Bonchev–Trinajstić information content (AvgIpc) is 0.928. The number of amides is 14. The molecule has 0 saturated carbocycles. The minimum atomic E-state index is -1.89. The summed E-state index contributed by atoms with van der Waals surface area (Å²) in [7, 11) is 0. The van der Waals surface area contributed by atoms with Crippen molar-refractivity contribution in [2.24, 2.45) is 45.5 Å². The van der Waals surface area contributed by atoms with Crippen LogP contribution in [0.4, 0.5) is 0 Å². The van der Waals surface area contributed by atoms with Crippen molar-refractivity contribution in [3.05, 3.63) is 34.9 Å². The number of nitrogens with one attached hydrogen (secondary N) is 13. The summed E-state index contributed by atoms with van der Waals surface area (Å²) in [6.45, 7) is 9.44. The van der Waals surface area contributed by atoms with E-state index in [1.165, 1.54) is 27.7 Å². The van der Waals surface area contributed by atoms with Crippen LogP contribution in [0.5, 0.6) is 0 Å². The number of nitrogens with two attached hydrogens (primary N) is 5. The van der Waals surface area contributed by atoms with Gasteiger partial charge in [-0.2, -0.15) is 35.3 Å². The van der Waals surface area contributed by atoms with Crippen molar-refractivity contribution in [1.29, 1.82) is 0 Å². The summed E-state index contributed by atoms with van der Waals surface area (Å²) < 4.78 is 0. The van der Waals surface area contributed by atoms with E-state index >= 15 is 0 Å². The predicted octanol–water partition coefficient (Wildman–Crippen LogP) is -7.30. The van der Waals surface area contributed by atoms with Gasteiger partial charge in [0.25, 0.3) is 0 Å². The number of carbonyl (C=O) groups excluding carboxylic acids is 14. The Morgan fingerprint density at radius 3 is 1.53 bits per heavy atom. The lowest BCUT2D eigenvalue weighted by Crippen LogP contribution is -2.63. The van der Waals surface area contributed by atoms with Gasteiger partial charge in [-0.15, -0.1) is 0 Å². The predicted molar refractivity (Wildman–Crippen MR) is 394 cm³/mol. The molecule has 0 fully saturated rings. The standard InChI is InChI=1S/C65H107N19O19S3/c1-30(2)18-42-58(97)80-44(54(93)72-22-48(89)90)27-104-24-36-19-37-21-38(20-36)26-106-29-46(61(100)84-50(34(7)86)63(102)73-33(6)53(92)74-40(13-11-17-71-65(69)70)57(96)83-51(35(8)87)64(103)77-42)81-62(101)49(31(3)4)82-59(98)43(23-85)78-56(95)41(14-15-47(68)88)76-55(94)39(12-9-10-16-66)75-60(99)45(28-105-25-37)79-52(91)32(5)67/h19-21,30-35,39-46,49-51,85-87H,9-18,22-29,66-67H2,1-8H3,(H2,68,88)(H,72,93)(H,73,102)(H,74,92)(H,75,99)(H,76,94)(H,77,103)(H,78,95)(H,79,91)(H,80,97)(H,81,101)(H,82,98)(H,83,96)(H,84,100)(H,89,90)(H4,69,70,71)/t32-,33-,34+,35+,39-,40-,41-,42-,43-,44-,45-,46-,49-,50-,51-/m0/s1. The van der Waals surface area contributed by atoms with Crippen LogP contribution in [-0.2, 0) is 89.2 Å². The molecule has 2 heterocycles. The van der Waals surface area contributed by atoms with Crippen molar-refractivity contribution >= 4 is 130 Å². The third-order valence-corrected chi connectivity index (χ3v) is 19.6. The van der Waals surface area contributed by atoms with Gasteiger partial charge in [-0.1, -0.05) is 45.9 Å². The van der Waals surface area contributed by atoms with E-state index in [0.717, 1.165) is 49.1 Å². The number of carboxylic acid groups (broad SMARTS) is 1. The first kappa shape index (κ1) is 91.6. The third-order valence-electron chi connectivity index (χ3n) is 16.2. The molecule has 15 atom stereocenters. The Morgan fingerprint density at radius 2 is 1.01 bits per heavy atom. The number of benzene rings is 1. The van der Waals surface area contributed by atoms with Crippen LogP contribution in [0.2, 0.25) is 0 Å². The number of aliphatic hydroxyl groups is 3.